The molecule has 0 atom stereocenters. The minimum Gasteiger partial charge on any atom is -0.496 e. The van der Waals surface area contributed by atoms with Gasteiger partial charge in [0.25, 0.3) is 0 Å². The van der Waals surface area contributed by atoms with Gasteiger partial charge in [-0.1, -0.05) is 34.1 Å². The normalized spacial score (nSPS) is 10.8. The van der Waals surface area contributed by atoms with E-state index in [-0.39, 0.29) is 6.61 Å². The summed E-state index contributed by atoms with van der Waals surface area (Å²) in [7, 11) is 1.64. The van der Waals surface area contributed by atoms with Crippen LogP contribution in [0, 0.1) is 0 Å². The van der Waals surface area contributed by atoms with Crippen molar-refractivity contribution in [2.24, 2.45) is 0 Å². The fourth-order valence-electron chi connectivity index (χ4n) is 1.11. The number of methoxy groups -OCH3 is 1. The average Bonchev–Trinajstić information content (AvgIpc) is 2.20. The van der Waals surface area contributed by atoms with E-state index >= 15 is 0 Å². The number of hydrogen-bond acceptors (Lipinski definition) is 2. The molecule has 76 valence electrons. The second-order valence-electron chi connectivity index (χ2n) is 2.80. The molecule has 0 amide bonds. The molecule has 0 radical (unpaired) electrons. The molecular weight excluding hydrogens is 244 g/mol. The van der Waals surface area contributed by atoms with Crippen LogP contribution in [0.5, 0.6) is 5.75 Å². The number of aliphatic hydroxyl groups is 1. The number of rotatable bonds is 4. The highest BCUT2D eigenvalue weighted by molar-refractivity contribution is 9.10. The number of halogens is 1. The third-order valence-electron chi connectivity index (χ3n) is 1.79. The van der Waals surface area contributed by atoms with Crippen molar-refractivity contribution in [1.29, 1.82) is 0 Å². The van der Waals surface area contributed by atoms with Gasteiger partial charge in [-0.25, -0.2) is 0 Å². The Bertz CT molecular complexity index is 321. The van der Waals surface area contributed by atoms with Gasteiger partial charge < -0.3 is 9.84 Å². The molecule has 1 aromatic rings. The first kappa shape index (κ1) is 11.3. The van der Waals surface area contributed by atoms with Crippen molar-refractivity contribution in [1.82, 2.24) is 0 Å². The van der Waals surface area contributed by atoms with Crippen LogP contribution >= 0.6 is 15.9 Å². The van der Waals surface area contributed by atoms with E-state index in [2.05, 4.69) is 15.9 Å². The van der Waals surface area contributed by atoms with Gasteiger partial charge in [0.2, 0.25) is 0 Å². The Morgan fingerprint density at radius 3 is 2.93 bits per heavy atom. The van der Waals surface area contributed by atoms with Crippen molar-refractivity contribution < 1.29 is 9.84 Å². The molecule has 0 unspecified atom stereocenters. The van der Waals surface area contributed by atoms with Crippen LogP contribution in [0.25, 0.3) is 6.08 Å². The summed E-state index contributed by atoms with van der Waals surface area (Å²) in [4.78, 5) is 0. The van der Waals surface area contributed by atoms with E-state index in [1.807, 2.05) is 30.4 Å². The van der Waals surface area contributed by atoms with Crippen LogP contribution in [0.15, 0.2) is 28.7 Å². The fraction of sp³-hybridized carbons (Fsp3) is 0.273. The molecular formula is C11H13BrO2. The first-order valence-corrected chi connectivity index (χ1v) is 5.18. The molecule has 0 bridgehead atoms. The quantitative estimate of drug-likeness (QED) is 0.898. The van der Waals surface area contributed by atoms with E-state index in [1.54, 1.807) is 7.11 Å². The second-order valence-corrected chi connectivity index (χ2v) is 3.72. The fourth-order valence-corrected chi connectivity index (χ4v) is 1.45. The third kappa shape index (κ3) is 3.16. The van der Waals surface area contributed by atoms with Crippen LogP contribution < -0.4 is 4.74 Å². The Hall–Kier alpha value is -0.800. The SMILES string of the molecule is COc1cc(Br)ccc1C=CCCO. The third-order valence-corrected chi connectivity index (χ3v) is 2.28. The maximum absolute atomic E-state index is 8.62. The summed E-state index contributed by atoms with van der Waals surface area (Å²) >= 11 is 3.37. The van der Waals surface area contributed by atoms with Gasteiger partial charge in [-0.15, -0.1) is 0 Å². The maximum atomic E-state index is 8.62. The summed E-state index contributed by atoms with van der Waals surface area (Å²) in [6, 6.07) is 5.84. The lowest BCUT2D eigenvalue weighted by molar-refractivity contribution is 0.303. The summed E-state index contributed by atoms with van der Waals surface area (Å²) < 4.78 is 6.21. The van der Waals surface area contributed by atoms with E-state index in [0.29, 0.717) is 6.42 Å². The van der Waals surface area contributed by atoms with Crippen LogP contribution in [0.2, 0.25) is 0 Å². The molecule has 0 aliphatic rings. The zero-order valence-electron chi connectivity index (χ0n) is 8.03. The number of benzene rings is 1. The Labute approximate surface area is 92.3 Å². The molecule has 3 heteroatoms. The van der Waals surface area contributed by atoms with E-state index in [9.17, 15) is 0 Å². The van der Waals surface area contributed by atoms with Gasteiger partial charge in [0.15, 0.2) is 0 Å². The molecule has 0 saturated heterocycles. The zero-order valence-corrected chi connectivity index (χ0v) is 9.62. The van der Waals surface area contributed by atoms with Crippen molar-refractivity contribution in [2.45, 2.75) is 6.42 Å². The second kappa shape index (κ2) is 5.83. The molecule has 0 fully saturated rings. The summed E-state index contributed by atoms with van der Waals surface area (Å²) in [5.41, 5.74) is 1.02. The van der Waals surface area contributed by atoms with E-state index in [1.165, 1.54) is 0 Å². The monoisotopic (exact) mass is 256 g/mol. The predicted octanol–water partition coefficient (Wildman–Crippen LogP) is 2.85. The molecule has 0 heterocycles. The molecule has 0 aromatic heterocycles. The molecule has 1 rings (SSSR count). The van der Waals surface area contributed by atoms with Crippen molar-refractivity contribution in [2.75, 3.05) is 13.7 Å². The highest BCUT2D eigenvalue weighted by atomic mass is 79.9. The molecule has 1 aromatic carbocycles. The van der Waals surface area contributed by atoms with E-state index in [0.717, 1.165) is 15.8 Å². The maximum Gasteiger partial charge on any atom is 0.127 e. The Morgan fingerprint density at radius 1 is 1.50 bits per heavy atom. The molecule has 14 heavy (non-hydrogen) atoms. The van der Waals surface area contributed by atoms with Gasteiger partial charge >= 0.3 is 0 Å². The highest BCUT2D eigenvalue weighted by Crippen LogP contribution is 2.24. The van der Waals surface area contributed by atoms with Crippen LogP contribution in [-0.4, -0.2) is 18.8 Å². The molecule has 0 aliphatic carbocycles. The lowest BCUT2D eigenvalue weighted by atomic mass is 10.2. The average molecular weight is 257 g/mol. The number of hydrogen-bond donors (Lipinski definition) is 1. The van der Waals surface area contributed by atoms with Crippen LogP contribution in [-0.2, 0) is 0 Å². The Morgan fingerprint density at radius 2 is 2.29 bits per heavy atom. The molecule has 1 N–H and O–H groups in total. The summed E-state index contributed by atoms with van der Waals surface area (Å²) in [5, 5.41) is 8.62. The first-order valence-electron chi connectivity index (χ1n) is 4.39. The number of ether oxygens (including phenoxy) is 1. The Kier molecular flexibility index (Phi) is 4.70. The smallest absolute Gasteiger partial charge is 0.127 e. The largest absolute Gasteiger partial charge is 0.496 e. The zero-order chi connectivity index (χ0) is 10.4. The minimum absolute atomic E-state index is 0.176. The predicted molar refractivity (Wildman–Crippen MR) is 61.4 cm³/mol. The minimum atomic E-state index is 0.176. The van der Waals surface area contributed by atoms with Crippen molar-refractivity contribution in [3.05, 3.63) is 34.3 Å². The van der Waals surface area contributed by atoms with E-state index in [4.69, 9.17) is 9.84 Å². The topological polar surface area (TPSA) is 29.5 Å². The Balaban J connectivity index is 2.85. The first-order chi connectivity index (χ1) is 6.77. The van der Waals surface area contributed by atoms with Crippen LogP contribution in [0.1, 0.15) is 12.0 Å². The summed E-state index contributed by atoms with van der Waals surface area (Å²) in [6.07, 6.45) is 4.53. The lowest BCUT2D eigenvalue weighted by Crippen LogP contribution is -1.86. The molecule has 2 nitrogen and oxygen atoms in total. The van der Waals surface area contributed by atoms with Gasteiger partial charge in [-0.2, -0.15) is 0 Å². The van der Waals surface area contributed by atoms with Gasteiger partial charge in [-0.3, -0.25) is 0 Å². The lowest BCUT2D eigenvalue weighted by Gasteiger charge is -2.04. The molecule has 0 saturated carbocycles. The van der Waals surface area contributed by atoms with Gasteiger partial charge in [0.05, 0.1) is 7.11 Å². The molecule has 0 spiro atoms. The highest BCUT2D eigenvalue weighted by Gasteiger charge is 1.99. The number of aliphatic hydroxyl groups excluding tert-OH is 1. The van der Waals surface area contributed by atoms with Crippen LogP contribution in [0.3, 0.4) is 0 Å². The molecule has 0 aliphatic heterocycles. The van der Waals surface area contributed by atoms with Crippen molar-refractivity contribution >= 4 is 22.0 Å². The van der Waals surface area contributed by atoms with Crippen molar-refractivity contribution in [3.63, 3.8) is 0 Å². The van der Waals surface area contributed by atoms with Gasteiger partial charge in [-0.05, 0) is 18.6 Å². The van der Waals surface area contributed by atoms with E-state index < -0.39 is 0 Å². The van der Waals surface area contributed by atoms with Gasteiger partial charge in [0, 0.05) is 16.6 Å². The summed E-state index contributed by atoms with van der Waals surface area (Å²) in [5.74, 6) is 0.827. The van der Waals surface area contributed by atoms with Crippen LogP contribution in [0.4, 0.5) is 0 Å². The van der Waals surface area contributed by atoms with Crippen molar-refractivity contribution in [3.8, 4) is 5.75 Å². The summed E-state index contributed by atoms with van der Waals surface area (Å²) in [6.45, 7) is 0.176. The van der Waals surface area contributed by atoms with Gasteiger partial charge in [0.1, 0.15) is 5.75 Å². The standard InChI is InChI=1S/C11H13BrO2/c1-14-11-8-10(12)6-5-9(11)4-2-3-7-13/h2,4-6,8,13H,3,7H2,1H3.